The third-order valence-electron chi connectivity index (χ3n) is 5.16. The summed E-state index contributed by atoms with van der Waals surface area (Å²) < 4.78 is 31.6. The van der Waals surface area contributed by atoms with Crippen molar-refractivity contribution in [3.63, 3.8) is 0 Å². The van der Waals surface area contributed by atoms with Crippen LogP contribution in [0.4, 0.5) is 5.69 Å². The zero-order chi connectivity index (χ0) is 30.2. The normalized spacial score (nSPS) is 10.3. The number of ether oxygens (including phenoxy) is 6. The molecule has 12 heteroatoms. The lowest BCUT2D eigenvalue weighted by molar-refractivity contribution is -0.139. The maximum absolute atomic E-state index is 12.5. The number of benzene rings is 2. The van der Waals surface area contributed by atoms with Crippen LogP contribution in [-0.2, 0) is 23.8 Å². The minimum atomic E-state index is -0.634. The first-order valence-electron chi connectivity index (χ1n) is 12.8. The summed E-state index contributed by atoms with van der Waals surface area (Å²) in [4.78, 5) is 50.8. The quantitative estimate of drug-likeness (QED) is 0.151. The third-order valence-corrected chi connectivity index (χ3v) is 5.16. The Bertz CT molecular complexity index is 1340. The SMILES string of the molecule is C=CC(=O)OCCOCCOCCOc1ccc(C(=O)Oc2ccc(OC(=O)c3ccc(NC(C)=O)cc3)nc2)cc1. The molecule has 0 atom stereocenters. The number of esters is 3. The molecule has 0 saturated carbocycles. The number of carbonyl (C=O) groups excluding carboxylic acids is 4. The molecule has 3 rings (SSSR count). The van der Waals surface area contributed by atoms with Crippen molar-refractivity contribution < 1.29 is 47.6 Å². The summed E-state index contributed by atoms with van der Waals surface area (Å²) in [5, 5.41) is 2.61. The Hall–Kier alpha value is -5.07. The fourth-order valence-electron chi connectivity index (χ4n) is 3.19. The number of rotatable bonds is 16. The predicted molar refractivity (Wildman–Crippen MR) is 150 cm³/mol. The second-order valence-electron chi connectivity index (χ2n) is 8.34. The van der Waals surface area contributed by atoms with E-state index in [-0.39, 0.29) is 36.3 Å². The molecule has 0 fully saturated rings. The van der Waals surface area contributed by atoms with E-state index < -0.39 is 17.9 Å². The summed E-state index contributed by atoms with van der Waals surface area (Å²) in [5.41, 5.74) is 1.12. The highest BCUT2D eigenvalue weighted by atomic mass is 16.6. The van der Waals surface area contributed by atoms with Crippen molar-refractivity contribution in [2.24, 2.45) is 0 Å². The average Bonchev–Trinajstić information content (AvgIpc) is 2.99. The molecule has 0 saturated heterocycles. The highest BCUT2D eigenvalue weighted by molar-refractivity contribution is 5.93. The van der Waals surface area contributed by atoms with E-state index in [0.717, 1.165) is 6.08 Å². The van der Waals surface area contributed by atoms with E-state index in [0.29, 0.717) is 43.4 Å². The van der Waals surface area contributed by atoms with Crippen LogP contribution in [-0.4, -0.2) is 68.4 Å². The van der Waals surface area contributed by atoms with Crippen molar-refractivity contribution in [3.8, 4) is 17.4 Å². The zero-order valence-corrected chi connectivity index (χ0v) is 22.9. The number of pyridine rings is 1. The van der Waals surface area contributed by atoms with E-state index in [2.05, 4.69) is 16.9 Å². The highest BCUT2D eigenvalue weighted by Gasteiger charge is 2.12. The number of aromatic nitrogens is 1. The monoisotopic (exact) mass is 578 g/mol. The molecule has 12 nitrogen and oxygen atoms in total. The summed E-state index contributed by atoms with van der Waals surface area (Å²) in [5.74, 6) is -1.21. The van der Waals surface area contributed by atoms with Gasteiger partial charge in [0.2, 0.25) is 11.8 Å². The molecule has 0 spiro atoms. The van der Waals surface area contributed by atoms with E-state index in [9.17, 15) is 19.2 Å². The predicted octanol–water partition coefficient (Wildman–Crippen LogP) is 3.62. The van der Waals surface area contributed by atoms with Gasteiger partial charge in [-0.3, -0.25) is 4.79 Å². The fraction of sp³-hybridized carbons (Fsp3) is 0.233. The molecule has 220 valence electrons. The molecule has 0 aliphatic heterocycles. The fourth-order valence-corrected chi connectivity index (χ4v) is 3.19. The standard InChI is InChI=1S/C30H30N2O10/c1-3-28(34)40-19-17-38-15-14-37-16-18-39-25-10-6-23(7-11-25)29(35)41-26-12-13-27(31-20-26)42-30(36)22-4-8-24(9-5-22)32-21(2)33/h3-13,20H,1,14-19H2,2H3,(H,32,33). The molecule has 1 heterocycles. The lowest BCUT2D eigenvalue weighted by Gasteiger charge is -2.09. The summed E-state index contributed by atoms with van der Waals surface area (Å²) in [6.07, 6.45) is 2.35. The minimum Gasteiger partial charge on any atom is -0.491 e. The molecule has 0 bridgehead atoms. The summed E-state index contributed by atoms with van der Waals surface area (Å²) >= 11 is 0. The highest BCUT2D eigenvalue weighted by Crippen LogP contribution is 2.19. The first-order valence-corrected chi connectivity index (χ1v) is 12.8. The lowest BCUT2D eigenvalue weighted by Crippen LogP contribution is -2.13. The smallest absolute Gasteiger partial charge is 0.344 e. The molecular weight excluding hydrogens is 548 g/mol. The van der Waals surface area contributed by atoms with Crippen molar-refractivity contribution in [2.75, 3.05) is 45.0 Å². The minimum absolute atomic E-state index is 0.0234. The second-order valence-corrected chi connectivity index (χ2v) is 8.34. The molecule has 0 unspecified atom stereocenters. The largest absolute Gasteiger partial charge is 0.491 e. The van der Waals surface area contributed by atoms with Gasteiger partial charge >= 0.3 is 17.9 Å². The van der Waals surface area contributed by atoms with E-state index in [4.69, 9.17) is 28.4 Å². The Kier molecular flexibility index (Phi) is 12.7. The zero-order valence-electron chi connectivity index (χ0n) is 22.9. The van der Waals surface area contributed by atoms with Crippen LogP contribution in [0.2, 0.25) is 0 Å². The number of nitrogens with one attached hydrogen (secondary N) is 1. The van der Waals surface area contributed by atoms with Crippen LogP contribution in [0.25, 0.3) is 0 Å². The number of carbonyl (C=O) groups is 4. The van der Waals surface area contributed by atoms with Crippen molar-refractivity contribution in [2.45, 2.75) is 6.92 Å². The molecule has 42 heavy (non-hydrogen) atoms. The van der Waals surface area contributed by atoms with Gasteiger partial charge in [-0.2, -0.15) is 0 Å². The molecule has 1 aromatic heterocycles. The van der Waals surface area contributed by atoms with E-state index in [1.807, 2.05) is 0 Å². The Morgan fingerprint density at radius 1 is 0.738 bits per heavy atom. The topological polar surface area (TPSA) is 149 Å². The number of hydrogen-bond donors (Lipinski definition) is 1. The number of nitrogens with zero attached hydrogens (tertiary/aromatic N) is 1. The molecule has 0 aliphatic rings. The van der Waals surface area contributed by atoms with Gasteiger partial charge in [-0.25, -0.2) is 19.4 Å². The van der Waals surface area contributed by atoms with Crippen molar-refractivity contribution >= 4 is 29.5 Å². The van der Waals surface area contributed by atoms with E-state index in [1.165, 1.54) is 37.4 Å². The van der Waals surface area contributed by atoms with Gasteiger partial charge in [-0.15, -0.1) is 0 Å². The summed E-state index contributed by atoms with van der Waals surface area (Å²) in [7, 11) is 0. The third kappa shape index (κ3) is 11.2. The van der Waals surface area contributed by atoms with Gasteiger partial charge in [0.25, 0.3) is 0 Å². The Morgan fingerprint density at radius 3 is 1.90 bits per heavy atom. The lowest BCUT2D eigenvalue weighted by atomic mass is 10.2. The van der Waals surface area contributed by atoms with Crippen molar-refractivity contribution in [1.82, 2.24) is 4.98 Å². The van der Waals surface area contributed by atoms with Crippen LogP contribution in [0.1, 0.15) is 27.6 Å². The van der Waals surface area contributed by atoms with Gasteiger partial charge in [0.05, 0.1) is 43.8 Å². The van der Waals surface area contributed by atoms with Crippen LogP contribution >= 0.6 is 0 Å². The van der Waals surface area contributed by atoms with Gasteiger partial charge in [0.15, 0.2) is 0 Å². The van der Waals surface area contributed by atoms with Gasteiger partial charge in [0.1, 0.15) is 24.7 Å². The molecule has 1 N–H and O–H groups in total. The van der Waals surface area contributed by atoms with E-state index >= 15 is 0 Å². The number of amides is 1. The Balaban J connectivity index is 1.34. The second kappa shape index (κ2) is 16.9. The van der Waals surface area contributed by atoms with Crippen LogP contribution in [0, 0.1) is 0 Å². The van der Waals surface area contributed by atoms with Gasteiger partial charge in [0, 0.05) is 24.8 Å². The van der Waals surface area contributed by atoms with Crippen LogP contribution in [0.3, 0.4) is 0 Å². The summed E-state index contributed by atoms with van der Waals surface area (Å²) in [6.45, 7) is 6.45. The Morgan fingerprint density at radius 2 is 1.31 bits per heavy atom. The van der Waals surface area contributed by atoms with Crippen LogP contribution in [0.15, 0.2) is 79.5 Å². The molecule has 2 aromatic carbocycles. The first kappa shape index (κ1) is 31.5. The number of anilines is 1. The Labute approximate surface area is 242 Å². The van der Waals surface area contributed by atoms with Gasteiger partial charge in [-0.05, 0) is 54.6 Å². The molecule has 0 radical (unpaired) electrons. The van der Waals surface area contributed by atoms with Crippen molar-refractivity contribution in [3.05, 3.63) is 90.6 Å². The van der Waals surface area contributed by atoms with Gasteiger partial charge in [-0.1, -0.05) is 6.58 Å². The average molecular weight is 579 g/mol. The molecule has 3 aromatic rings. The maximum Gasteiger partial charge on any atom is 0.344 e. The van der Waals surface area contributed by atoms with E-state index in [1.54, 1.807) is 36.4 Å². The first-order chi connectivity index (χ1) is 20.3. The van der Waals surface area contributed by atoms with Crippen LogP contribution in [0.5, 0.6) is 17.4 Å². The summed E-state index contributed by atoms with van der Waals surface area (Å²) in [6, 6.07) is 15.4. The van der Waals surface area contributed by atoms with Gasteiger partial charge < -0.3 is 33.7 Å². The van der Waals surface area contributed by atoms with Crippen LogP contribution < -0.4 is 19.5 Å². The molecule has 0 aliphatic carbocycles. The molecule has 1 amide bonds. The maximum atomic E-state index is 12.5. The molecular formula is C30H30N2O10. The van der Waals surface area contributed by atoms with Crippen molar-refractivity contribution in [1.29, 1.82) is 0 Å². The number of hydrogen-bond acceptors (Lipinski definition) is 11.